The number of hydrogen-bond acceptors (Lipinski definition) is 12. The maximum absolute atomic E-state index is 11.6. The Kier molecular flexibility index (Phi) is 7.92. The Hall–Kier alpha value is -4.04. The molecule has 0 aromatic heterocycles. The molecule has 2 aromatic carbocycles. The maximum Gasteiger partial charge on any atom is 0.317 e. The summed E-state index contributed by atoms with van der Waals surface area (Å²) in [4.78, 5) is 22.3. The molecule has 6 atom stereocenters. The highest BCUT2D eigenvalue weighted by atomic mass is 16.7. The number of phenolic OH excluding ortho intramolecular Hbond substituents is 2. The van der Waals surface area contributed by atoms with Gasteiger partial charge in [-0.25, -0.2) is 0 Å². The molecular formula is C25H26O13. The van der Waals surface area contributed by atoms with Gasteiger partial charge < -0.3 is 54.3 Å². The molecule has 2 heterocycles. The van der Waals surface area contributed by atoms with Gasteiger partial charge in [-0.15, -0.1) is 0 Å². The molecule has 2 aliphatic heterocycles. The SMILES string of the molecule is COc1cc(C2Oc3cccc(O)c3C=C2O[C@@H]2O[C@H](COC(=O)CC(=O)O)[C@@H](O)[C@H](O)[C@H]2O)ccc1O. The minimum atomic E-state index is -1.78. The number of aliphatic hydroxyl groups is 3. The summed E-state index contributed by atoms with van der Waals surface area (Å²) in [5.74, 6) is -2.30. The molecule has 13 heteroatoms. The molecular weight excluding hydrogens is 508 g/mol. The van der Waals surface area contributed by atoms with Gasteiger partial charge in [0.05, 0.1) is 12.7 Å². The first kappa shape index (κ1) is 27.0. The van der Waals surface area contributed by atoms with Crippen molar-refractivity contribution in [3.8, 4) is 23.0 Å². The van der Waals surface area contributed by atoms with Crippen LogP contribution < -0.4 is 9.47 Å². The Balaban J connectivity index is 1.62. The minimum Gasteiger partial charge on any atom is -0.507 e. The van der Waals surface area contributed by atoms with Crippen LogP contribution in [0.5, 0.6) is 23.0 Å². The van der Waals surface area contributed by atoms with Crippen LogP contribution in [0.4, 0.5) is 0 Å². The number of benzene rings is 2. The zero-order valence-electron chi connectivity index (χ0n) is 20.0. The quantitative estimate of drug-likeness (QED) is 0.201. The van der Waals surface area contributed by atoms with E-state index in [1.807, 2.05) is 0 Å². The fourth-order valence-electron chi connectivity index (χ4n) is 4.00. The van der Waals surface area contributed by atoms with Crippen LogP contribution in [0.25, 0.3) is 6.08 Å². The van der Waals surface area contributed by atoms with Crippen molar-refractivity contribution in [2.24, 2.45) is 0 Å². The van der Waals surface area contributed by atoms with Crippen molar-refractivity contribution in [1.82, 2.24) is 0 Å². The number of methoxy groups -OCH3 is 1. The van der Waals surface area contributed by atoms with Crippen LogP contribution in [0.15, 0.2) is 42.2 Å². The smallest absolute Gasteiger partial charge is 0.317 e. The summed E-state index contributed by atoms with van der Waals surface area (Å²) in [7, 11) is 1.36. The first-order chi connectivity index (χ1) is 18.1. The molecule has 0 saturated carbocycles. The van der Waals surface area contributed by atoms with Gasteiger partial charge in [0, 0.05) is 5.56 Å². The molecule has 0 radical (unpaired) electrons. The number of fused-ring (bicyclic) bond motifs is 1. The molecule has 0 bridgehead atoms. The van der Waals surface area contributed by atoms with E-state index in [1.165, 1.54) is 37.5 Å². The first-order valence-electron chi connectivity index (χ1n) is 11.4. The van der Waals surface area contributed by atoms with Crippen molar-refractivity contribution >= 4 is 18.0 Å². The minimum absolute atomic E-state index is 0.0148. The second-order valence-corrected chi connectivity index (χ2v) is 8.55. The third-order valence-electron chi connectivity index (χ3n) is 5.96. The van der Waals surface area contributed by atoms with Crippen LogP contribution in [0, 0.1) is 0 Å². The molecule has 2 aromatic rings. The van der Waals surface area contributed by atoms with E-state index in [4.69, 9.17) is 28.8 Å². The Morgan fingerprint density at radius 3 is 2.47 bits per heavy atom. The monoisotopic (exact) mass is 534 g/mol. The van der Waals surface area contributed by atoms with E-state index in [0.717, 1.165) is 0 Å². The van der Waals surface area contributed by atoms with E-state index in [1.54, 1.807) is 12.1 Å². The lowest BCUT2D eigenvalue weighted by Gasteiger charge is -2.41. The summed E-state index contributed by atoms with van der Waals surface area (Å²) in [6.07, 6.45) is -8.71. The highest BCUT2D eigenvalue weighted by Crippen LogP contribution is 2.43. The second kappa shape index (κ2) is 11.1. The summed E-state index contributed by atoms with van der Waals surface area (Å²) in [5, 5.41) is 60.3. The first-order valence-corrected chi connectivity index (χ1v) is 11.4. The Bertz CT molecular complexity index is 1230. The van der Waals surface area contributed by atoms with Gasteiger partial charge in [0.15, 0.2) is 17.6 Å². The largest absolute Gasteiger partial charge is 0.507 e. The summed E-state index contributed by atoms with van der Waals surface area (Å²) in [6, 6.07) is 9.01. The number of esters is 1. The number of aromatic hydroxyl groups is 2. The molecule has 38 heavy (non-hydrogen) atoms. The predicted octanol–water partition coefficient (Wildman–Crippen LogP) is 0.423. The molecule has 1 fully saturated rings. The molecule has 0 aliphatic carbocycles. The molecule has 13 nitrogen and oxygen atoms in total. The maximum atomic E-state index is 11.6. The van der Waals surface area contributed by atoms with E-state index in [0.29, 0.717) is 11.3 Å². The Labute approximate surface area is 215 Å². The van der Waals surface area contributed by atoms with Gasteiger partial charge in [-0.2, -0.15) is 0 Å². The van der Waals surface area contributed by atoms with Crippen molar-refractivity contribution in [2.75, 3.05) is 13.7 Å². The third-order valence-corrected chi connectivity index (χ3v) is 5.96. The average molecular weight is 534 g/mol. The van der Waals surface area contributed by atoms with E-state index in [2.05, 4.69) is 0 Å². The van der Waals surface area contributed by atoms with Crippen molar-refractivity contribution in [3.05, 3.63) is 53.3 Å². The highest BCUT2D eigenvalue weighted by molar-refractivity contribution is 5.90. The number of carboxylic acid groups (broad SMARTS) is 1. The number of hydrogen-bond donors (Lipinski definition) is 6. The van der Waals surface area contributed by atoms with Gasteiger partial charge >= 0.3 is 11.9 Å². The van der Waals surface area contributed by atoms with Crippen LogP contribution in [0.1, 0.15) is 23.7 Å². The number of carboxylic acids is 1. The molecule has 2 aliphatic rings. The van der Waals surface area contributed by atoms with Crippen LogP contribution in [-0.4, -0.2) is 87.0 Å². The van der Waals surface area contributed by atoms with Gasteiger partial charge in [0.25, 0.3) is 0 Å². The molecule has 1 unspecified atom stereocenters. The number of carbonyl (C=O) groups is 2. The van der Waals surface area contributed by atoms with E-state index < -0.39 is 61.8 Å². The van der Waals surface area contributed by atoms with Gasteiger partial charge in [-0.05, 0) is 30.3 Å². The molecule has 0 spiro atoms. The Morgan fingerprint density at radius 1 is 1.00 bits per heavy atom. The van der Waals surface area contributed by atoms with Gasteiger partial charge in [-0.1, -0.05) is 12.1 Å². The number of aliphatic hydroxyl groups excluding tert-OH is 3. The van der Waals surface area contributed by atoms with E-state index >= 15 is 0 Å². The topological polar surface area (TPSA) is 202 Å². The lowest BCUT2D eigenvalue weighted by Crippen LogP contribution is -2.59. The lowest BCUT2D eigenvalue weighted by molar-refractivity contribution is -0.294. The summed E-state index contributed by atoms with van der Waals surface area (Å²) in [6.45, 7) is -0.630. The van der Waals surface area contributed by atoms with Crippen molar-refractivity contribution in [3.63, 3.8) is 0 Å². The second-order valence-electron chi connectivity index (χ2n) is 8.55. The zero-order chi connectivity index (χ0) is 27.6. The zero-order valence-corrected chi connectivity index (χ0v) is 20.0. The molecule has 4 rings (SSSR count). The summed E-state index contributed by atoms with van der Waals surface area (Å²) >= 11 is 0. The molecule has 1 saturated heterocycles. The standard InChI is InChI=1S/C25H26O13/c1-34-16-7-11(5-6-14(16)27)24-17(8-12-13(26)3-2-4-15(12)36-24)37-25-23(33)22(32)21(31)18(38-25)10-35-20(30)9-19(28)29/h2-8,18,21-27,31-33H,9-10H2,1H3,(H,28,29)/t18-,21-,22+,23-,24?,25-/m1/s1. The number of rotatable bonds is 8. The van der Waals surface area contributed by atoms with Gasteiger partial charge in [0.1, 0.15) is 54.7 Å². The molecule has 204 valence electrons. The van der Waals surface area contributed by atoms with E-state index in [-0.39, 0.29) is 28.6 Å². The summed E-state index contributed by atoms with van der Waals surface area (Å²) < 4.78 is 27.5. The molecule has 0 amide bonds. The number of phenols is 2. The Morgan fingerprint density at radius 2 is 1.76 bits per heavy atom. The average Bonchev–Trinajstić information content (AvgIpc) is 2.88. The summed E-state index contributed by atoms with van der Waals surface area (Å²) in [5.41, 5.74) is 0.708. The van der Waals surface area contributed by atoms with Crippen LogP contribution in [0.2, 0.25) is 0 Å². The normalized spacial score (nSPS) is 26.4. The lowest BCUT2D eigenvalue weighted by atomic mass is 9.98. The van der Waals surface area contributed by atoms with Crippen molar-refractivity contribution in [2.45, 2.75) is 43.2 Å². The third kappa shape index (κ3) is 5.60. The number of carbonyl (C=O) groups excluding carboxylic acids is 1. The number of aliphatic carboxylic acids is 1. The molecule has 6 N–H and O–H groups in total. The van der Waals surface area contributed by atoms with Gasteiger partial charge in [0.2, 0.25) is 6.29 Å². The van der Waals surface area contributed by atoms with Crippen LogP contribution in [0.3, 0.4) is 0 Å². The fraction of sp³-hybridized carbons (Fsp3) is 0.360. The van der Waals surface area contributed by atoms with E-state index in [9.17, 15) is 35.1 Å². The van der Waals surface area contributed by atoms with Crippen molar-refractivity contribution < 1.29 is 63.9 Å². The van der Waals surface area contributed by atoms with Crippen LogP contribution in [-0.2, 0) is 23.8 Å². The van der Waals surface area contributed by atoms with Crippen LogP contribution >= 0.6 is 0 Å². The predicted molar refractivity (Wildman–Crippen MR) is 125 cm³/mol. The number of ether oxygens (including phenoxy) is 5. The fourth-order valence-corrected chi connectivity index (χ4v) is 4.00. The highest BCUT2D eigenvalue weighted by Gasteiger charge is 2.46. The van der Waals surface area contributed by atoms with Crippen molar-refractivity contribution in [1.29, 1.82) is 0 Å². The van der Waals surface area contributed by atoms with Gasteiger partial charge in [-0.3, -0.25) is 9.59 Å².